The van der Waals surface area contributed by atoms with Crippen LogP contribution in [0.5, 0.6) is 0 Å². The van der Waals surface area contributed by atoms with Gasteiger partial charge in [0.1, 0.15) is 0 Å². The van der Waals surface area contributed by atoms with Gasteiger partial charge in [0, 0.05) is 0 Å². The number of rotatable bonds is 3. The lowest BCUT2D eigenvalue weighted by atomic mass is 9.93. The third-order valence-corrected chi connectivity index (χ3v) is 4.63. The highest BCUT2D eigenvalue weighted by Gasteiger charge is 2.24. The average molecular weight is 236 g/mol. The summed E-state index contributed by atoms with van der Waals surface area (Å²) in [6, 6.07) is 6.50. The molecule has 2 heteroatoms. The molecular formula is C14H20OS. The summed E-state index contributed by atoms with van der Waals surface area (Å²) in [5, 5.41) is 10.2. The van der Waals surface area contributed by atoms with Gasteiger partial charge in [0.2, 0.25) is 0 Å². The van der Waals surface area contributed by atoms with Crippen molar-refractivity contribution in [3.63, 3.8) is 0 Å². The Morgan fingerprint density at radius 2 is 2.25 bits per heavy atom. The number of thioether (sulfide) groups is 1. The molecule has 0 radical (unpaired) electrons. The van der Waals surface area contributed by atoms with Crippen molar-refractivity contribution in [2.75, 3.05) is 11.5 Å². The van der Waals surface area contributed by atoms with Crippen molar-refractivity contribution >= 4 is 11.8 Å². The highest BCUT2D eigenvalue weighted by atomic mass is 32.2. The summed E-state index contributed by atoms with van der Waals surface area (Å²) < 4.78 is 0. The zero-order chi connectivity index (χ0) is 11.5. The van der Waals surface area contributed by atoms with Crippen LogP contribution in [0.3, 0.4) is 0 Å². The summed E-state index contributed by atoms with van der Waals surface area (Å²) in [5.41, 5.74) is 3.90. The van der Waals surface area contributed by atoms with Crippen LogP contribution in [-0.4, -0.2) is 22.7 Å². The van der Waals surface area contributed by atoms with E-state index in [1.807, 2.05) is 11.8 Å². The molecule has 1 aliphatic rings. The predicted octanol–water partition coefficient (Wildman–Crippen LogP) is 2.96. The van der Waals surface area contributed by atoms with Gasteiger partial charge in [-0.2, -0.15) is 11.8 Å². The fourth-order valence-corrected chi connectivity index (χ4v) is 3.60. The monoisotopic (exact) mass is 236 g/mol. The number of hydrogen-bond acceptors (Lipinski definition) is 2. The van der Waals surface area contributed by atoms with Crippen molar-refractivity contribution in [2.24, 2.45) is 5.92 Å². The van der Waals surface area contributed by atoms with Gasteiger partial charge >= 0.3 is 0 Å². The number of aliphatic hydroxyl groups is 1. The van der Waals surface area contributed by atoms with Crippen LogP contribution in [0.2, 0.25) is 0 Å². The third-order valence-electron chi connectivity index (χ3n) is 3.44. The minimum atomic E-state index is -0.157. The summed E-state index contributed by atoms with van der Waals surface area (Å²) >= 11 is 1.97. The van der Waals surface area contributed by atoms with Gasteiger partial charge in [-0.3, -0.25) is 0 Å². The van der Waals surface area contributed by atoms with E-state index < -0.39 is 0 Å². The van der Waals surface area contributed by atoms with Gasteiger partial charge in [0.25, 0.3) is 0 Å². The Bertz CT molecular complexity index is 356. The normalized spacial score (nSPS) is 22.3. The summed E-state index contributed by atoms with van der Waals surface area (Å²) in [4.78, 5) is 0. The molecule has 1 aliphatic heterocycles. The van der Waals surface area contributed by atoms with E-state index in [2.05, 4.69) is 32.0 Å². The molecule has 2 atom stereocenters. The fraction of sp³-hybridized carbons (Fsp3) is 0.571. The van der Waals surface area contributed by atoms with Crippen molar-refractivity contribution in [1.29, 1.82) is 0 Å². The lowest BCUT2D eigenvalue weighted by Crippen LogP contribution is -2.22. The highest BCUT2D eigenvalue weighted by Crippen LogP contribution is 2.28. The number of hydrogen-bond donors (Lipinski definition) is 1. The second kappa shape index (κ2) is 5.24. The van der Waals surface area contributed by atoms with Crippen LogP contribution in [0.15, 0.2) is 18.2 Å². The van der Waals surface area contributed by atoms with Crippen LogP contribution in [0.25, 0.3) is 0 Å². The fourth-order valence-electron chi connectivity index (χ4n) is 2.27. The first-order valence-electron chi connectivity index (χ1n) is 5.99. The second-order valence-corrected chi connectivity index (χ2v) is 5.97. The molecule has 2 rings (SSSR count). The Balaban J connectivity index is 2.04. The first kappa shape index (κ1) is 12.0. The zero-order valence-electron chi connectivity index (χ0n) is 10.1. The van der Waals surface area contributed by atoms with Crippen LogP contribution < -0.4 is 0 Å². The first-order chi connectivity index (χ1) is 7.66. The highest BCUT2D eigenvalue weighted by molar-refractivity contribution is 7.99. The van der Waals surface area contributed by atoms with Crippen LogP contribution in [-0.2, 0) is 6.42 Å². The van der Waals surface area contributed by atoms with E-state index in [-0.39, 0.29) is 6.10 Å². The molecule has 1 nitrogen and oxygen atoms in total. The number of aryl methyl sites for hydroxylation is 2. The topological polar surface area (TPSA) is 20.2 Å². The third kappa shape index (κ3) is 2.80. The van der Waals surface area contributed by atoms with Gasteiger partial charge in [-0.25, -0.2) is 0 Å². The summed E-state index contributed by atoms with van der Waals surface area (Å²) in [5.74, 6) is 2.85. The summed E-state index contributed by atoms with van der Waals surface area (Å²) in [6.45, 7) is 4.24. The number of benzene rings is 1. The van der Waals surface area contributed by atoms with Gasteiger partial charge in [-0.05, 0) is 55.2 Å². The van der Waals surface area contributed by atoms with Crippen LogP contribution >= 0.6 is 11.8 Å². The van der Waals surface area contributed by atoms with E-state index in [1.165, 1.54) is 28.9 Å². The van der Waals surface area contributed by atoms with Gasteiger partial charge in [0.05, 0.1) is 6.10 Å². The molecule has 1 aromatic rings. The molecule has 0 aliphatic carbocycles. The molecule has 1 N–H and O–H groups in total. The van der Waals surface area contributed by atoms with E-state index in [9.17, 15) is 5.11 Å². The maximum atomic E-state index is 10.2. The Morgan fingerprint density at radius 1 is 1.44 bits per heavy atom. The van der Waals surface area contributed by atoms with Crippen molar-refractivity contribution in [3.05, 3.63) is 34.9 Å². The standard InChI is InChI=1S/C14H20OS/c1-10-3-4-11(2)13(7-10)8-14(15)12-5-6-16-9-12/h3-4,7,12,14-15H,5-6,8-9H2,1-2H3. The quantitative estimate of drug-likeness (QED) is 0.870. The second-order valence-electron chi connectivity index (χ2n) is 4.83. The molecule has 0 saturated carbocycles. The molecule has 0 bridgehead atoms. The Morgan fingerprint density at radius 3 is 2.94 bits per heavy atom. The molecule has 16 heavy (non-hydrogen) atoms. The Labute approximate surface area is 102 Å². The number of aliphatic hydroxyl groups excluding tert-OH is 1. The minimum absolute atomic E-state index is 0.157. The van der Waals surface area contributed by atoms with E-state index in [0.29, 0.717) is 5.92 Å². The summed E-state index contributed by atoms with van der Waals surface area (Å²) in [7, 11) is 0. The average Bonchev–Trinajstić information content (AvgIpc) is 2.76. The van der Waals surface area contributed by atoms with Crippen molar-refractivity contribution in [3.8, 4) is 0 Å². The van der Waals surface area contributed by atoms with Crippen molar-refractivity contribution < 1.29 is 5.11 Å². The molecule has 1 saturated heterocycles. The van der Waals surface area contributed by atoms with Gasteiger partial charge in [-0.1, -0.05) is 23.8 Å². The van der Waals surface area contributed by atoms with E-state index in [1.54, 1.807) is 0 Å². The molecule has 0 amide bonds. The molecule has 1 heterocycles. The molecule has 2 unspecified atom stereocenters. The molecule has 0 spiro atoms. The van der Waals surface area contributed by atoms with E-state index in [0.717, 1.165) is 12.2 Å². The smallest absolute Gasteiger partial charge is 0.0616 e. The van der Waals surface area contributed by atoms with Crippen LogP contribution in [0, 0.1) is 19.8 Å². The molecular weight excluding hydrogens is 216 g/mol. The maximum absolute atomic E-state index is 10.2. The van der Waals surface area contributed by atoms with Crippen LogP contribution in [0.1, 0.15) is 23.1 Å². The molecule has 1 fully saturated rings. The molecule has 88 valence electrons. The van der Waals surface area contributed by atoms with Gasteiger partial charge in [0.15, 0.2) is 0 Å². The SMILES string of the molecule is Cc1ccc(C)c(CC(O)C2CCSC2)c1. The largest absolute Gasteiger partial charge is 0.392 e. The maximum Gasteiger partial charge on any atom is 0.0616 e. The Hall–Kier alpha value is -0.470. The lowest BCUT2D eigenvalue weighted by molar-refractivity contribution is 0.120. The molecule has 1 aromatic carbocycles. The lowest BCUT2D eigenvalue weighted by Gasteiger charge is -2.18. The van der Waals surface area contributed by atoms with Crippen molar-refractivity contribution in [1.82, 2.24) is 0 Å². The van der Waals surface area contributed by atoms with Crippen molar-refractivity contribution in [2.45, 2.75) is 32.8 Å². The minimum Gasteiger partial charge on any atom is -0.392 e. The van der Waals surface area contributed by atoms with Crippen LogP contribution in [0.4, 0.5) is 0 Å². The van der Waals surface area contributed by atoms with Gasteiger partial charge in [-0.15, -0.1) is 0 Å². The van der Waals surface area contributed by atoms with E-state index in [4.69, 9.17) is 0 Å². The predicted molar refractivity (Wildman–Crippen MR) is 71.1 cm³/mol. The van der Waals surface area contributed by atoms with E-state index >= 15 is 0 Å². The molecule has 0 aromatic heterocycles. The first-order valence-corrected chi connectivity index (χ1v) is 7.14. The zero-order valence-corrected chi connectivity index (χ0v) is 10.9. The van der Waals surface area contributed by atoms with Gasteiger partial charge < -0.3 is 5.11 Å². The Kier molecular flexibility index (Phi) is 3.93. The summed E-state index contributed by atoms with van der Waals surface area (Å²) in [6.07, 6.45) is 1.84.